The molecule has 6 heteroatoms. The minimum Gasteiger partial charge on any atom is -0.487 e. The molecule has 1 N–H and O–H groups in total. The zero-order valence-electron chi connectivity index (χ0n) is 14.9. The first-order valence-corrected chi connectivity index (χ1v) is 9.12. The number of ether oxygens (including phenoxy) is 1. The smallest absolute Gasteiger partial charge is 0.306 e. The van der Waals surface area contributed by atoms with Crippen LogP contribution in [0.3, 0.4) is 0 Å². The zero-order valence-corrected chi connectivity index (χ0v) is 14.9. The van der Waals surface area contributed by atoms with Gasteiger partial charge in [-0.1, -0.05) is 42.5 Å². The van der Waals surface area contributed by atoms with Crippen molar-refractivity contribution in [3.8, 4) is 5.75 Å². The monoisotopic (exact) mass is 363 g/mol. The van der Waals surface area contributed by atoms with Crippen LogP contribution in [-0.2, 0) is 11.4 Å². The van der Waals surface area contributed by atoms with E-state index >= 15 is 0 Å². The molecule has 3 aromatic rings. The van der Waals surface area contributed by atoms with Crippen LogP contribution in [0, 0.1) is 5.92 Å². The molecule has 0 radical (unpaired) electrons. The van der Waals surface area contributed by atoms with Crippen molar-refractivity contribution < 1.29 is 14.6 Å². The van der Waals surface area contributed by atoms with Crippen LogP contribution in [0.5, 0.6) is 5.75 Å². The van der Waals surface area contributed by atoms with E-state index in [1.165, 1.54) is 0 Å². The summed E-state index contributed by atoms with van der Waals surface area (Å²) in [6.07, 6.45) is 1.26. The quantitative estimate of drug-likeness (QED) is 0.748. The van der Waals surface area contributed by atoms with Crippen LogP contribution in [0.1, 0.15) is 18.5 Å². The van der Waals surface area contributed by atoms with Crippen molar-refractivity contribution in [2.75, 3.05) is 18.0 Å². The van der Waals surface area contributed by atoms with Gasteiger partial charge in [0.05, 0.1) is 5.92 Å². The molecule has 0 bridgehead atoms. The highest BCUT2D eigenvalue weighted by Gasteiger charge is 2.26. The number of aromatic nitrogens is 2. The predicted octanol–water partition coefficient (Wildman–Crippen LogP) is 3.51. The van der Waals surface area contributed by atoms with E-state index < -0.39 is 5.97 Å². The molecule has 1 aliphatic rings. The van der Waals surface area contributed by atoms with Gasteiger partial charge in [0, 0.05) is 23.9 Å². The fraction of sp³-hybridized carbons (Fsp3) is 0.286. The SMILES string of the molecule is O=C(O)C1CCN(c2nnc(COc3ccccc3)c3ccccc23)CC1. The predicted molar refractivity (Wildman–Crippen MR) is 103 cm³/mol. The molecule has 2 aromatic carbocycles. The van der Waals surface area contributed by atoms with Crippen LogP contribution in [0.25, 0.3) is 10.8 Å². The first kappa shape index (κ1) is 17.3. The van der Waals surface area contributed by atoms with Crippen molar-refractivity contribution in [2.24, 2.45) is 5.92 Å². The molecule has 1 fully saturated rings. The Hall–Kier alpha value is -3.15. The van der Waals surface area contributed by atoms with Gasteiger partial charge in [-0.3, -0.25) is 4.79 Å². The van der Waals surface area contributed by atoms with E-state index in [2.05, 4.69) is 15.1 Å². The van der Waals surface area contributed by atoms with Crippen molar-refractivity contribution >= 4 is 22.6 Å². The maximum Gasteiger partial charge on any atom is 0.306 e. The van der Waals surface area contributed by atoms with Gasteiger partial charge in [0.15, 0.2) is 5.82 Å². The van der Waals surface area contributed by atoms with Crippen LogP contribution in [-0.4, -0.2) is 34.4 Å². The van der Waals surface area contributed by atoms with Crippen LogP contribution in [0.4, 0.5) is 5.82 Å². The van der Waals surface area contributed by atoms with Gasteiger partial charge < -0.3 is 14.7 Å². The van der Waals surface area contributed by atoms with Gasteiger partial charge in [-0.05, 0) is 25.0 Å². The Morgan fingerprint density at radius 2 is 1.67 bits per heavy atom. The number of carboxylic acid groups (broad SMARTS) is 1. The number of piperidine rings is 1. The second-order valence-electron chi connectivity index (χ2n) is 6.72. The largest absolute Gasteiger partial charge is 0.487 e. The van der Waals surface area contributed by atoms with Crippen LogP contribution < -0.4 is 9.64 Å². The van der Waals surface area contributed by atoms with Crippen LogP contribution in [0.15, 0.2) is 54.6 Å². The topological polar surface area (TPSA) is 75.5 Å². The van der Waals surface area contributed by atoms with E-state index in [9.17, 15) is 9.90 Å². The summed E-state index contributed by atoms with van der Waals surface area (Å²) in [5, 5.41) is 20.1. The normalized spacial score (nSPS) is 15.0. The summed E-state index contributed by atoms with van der Waals surface area (Å²) in [7, 11) is 0. The maximum absolute atomic E-state index is 11.2. The van der Waals surface area contributed by atoms with E-state index in [1.54, 1.807) is 0 Å². The molecule has 138 valence electrons. The average molecular weight is 363 g/mol. The number of rotatable bonds is 5. The molecular formula is C21H21N3O3. The molecular weight excluding hydrogens is 342 g/mol. The molecule has 6 nitrogen and oxygen atoms in total. The first-order chi connectivity index (χ1) is 13.2. The molecule has 0 unspecified atom stereocenters. The molecule has 4 rings (SSSR count). The molecule has 1 aromatic heterocycles. The second-order valence-corrected chi connectivity index (χ2v) is 6.72. The van der Waals surface area contributed by atoms with Gasteiger partial charge in [-0.25, -0.2) is 0 Å². The number of nitrogens with zero attached hydrogens (tertiary/aromatic N) is 3. The van der Waals surface area contributed by atoms with Crippen molar-refractivity contribution in [3.05, 3.63) is 60.3 Å². The number of carbonyl (C=O) groups is 1. The molecule has 0 amide bonds. The Morgan fingerprint density at radius 1 is 1.00 bits per heavy atom. The molecule has 0 aliphatic carbocycles. The fourth-order valence-corrected chi connectivity index (χ4v) is 3.49. The first-order valence-electron chi connectivity index (χ1n) is 9.12. The number of fused-ring (bicyclic) bond motifs is 1. The highest BCUT2D eigenvalue weighted by atomic mass is 16.5. The minimum absolute atomic E-state index is 0.265. The van der Waals surface area contributed by atoms with Crippen molar-refractivity contribution in [1.29, 1.82) is 0 Å². The highest BCUT2D eigenvalue weighted by Crippen LogP contribution is 2.29. The average Bonchev–Trinajstić information content (AvgIpc) is 2.73. The Morgan fingerprint density at radius 3 is 2.37 bits per heavy atom. The third kappa shape index (κ3) is 3.69. The minimum atomic E-state index is -0.709. The Bertz CT molecular complexity index is 938. The lowest BCUT2D eigenvalue weighted by atomic mass is 9.97. The summed E-state index contributed by atoms with van der Waals surface area (Å²) in [5.74, 6) is 0.638. The van der Waals surface area contributed by atoms with Gasteiger partial charge in [-0.15, -0.1) is 10.2 Å². The number of hydrogen-bond donors (Lipinski definition) is 1. The van der Waals surface area contributed by atoms with Gasteiger partial charge >= 0.3 is 5.97 Å². The molecule has 2 heterocycles. The highest BCUT2D eigenvalue weighted by molar-refractivity contribution is 5.93. The van der Waals surface area contributed by atoms with Crippen LogP contribution in [0.2, 0.25) is 0 Å². The standard InChI is InChI=1S/C21H21N3O3/c25-21(26)15-10-12-24(13-11-15)20-18-9-5-4-8-17(18)19(22-23-20)14-27-16-6-2-1-3-7-16/h1-9,15H,10-14H2,(H,25,26). The fourth-order valence-electron chi connectivity index (χ4n) is 3.49. The maximum atomic E-state index is 11.2. The number of hydrogen-bond acceptors (Lipinski definition) is 5. The Kier molecular flexibility index (Phi) is 4.87. The van der Waals surface area contributed by atoms with E-state index in [4.69, 9.17) is 4.74 Å². The number of anilines is 1. The Labute approximate surface area is 157 Å². The summed E-state index contributed by atoms with van der Waals surface area (Å²) in [5.41, 5.74) is 0.790. The third-order valence-electron chi connectivity index (χ3n) is 5.01. The molecule has 27 heavy (non-hydrogen) atoms. The lowest BCUT2D eigenvalue weighted by molar-refractivity contribution is -0.142. The van der Waals surface area contributed by atoms with Gasteiger partial charge in [0.25, 0.3) is 0 Å². The second kappa shape index (κ2) is 7.61. The summed E-state index contributed by atoms with van der Waals surface area (Å²) < 4.78 is 5.84. The number of aliphatic carboxylic acids is 1. The van der Waals surface area contributed by atoms with E-state index in [0.717, 1.165) is 28.0 Å². The van der Waals surface area contributed by atoms with E-state index in [-0.39, 0.29) is 5.92 Å². The number of benzene rings is 2. The van der Waals surface area contributed by atoms with Crippen molar-refractivity contribution in [1.82, 2.24) is 10.2 Å². The van der Waals surface area contributed by atoms with Crippen molar-refractivity contribution in [3.63, 3.8) is 0 Å². The molecule has 1 saturated heterocycles. The zero-order chi connectivity index (χ0) is 18.6. The van der Waals surface area contributed by atoms with Crippen molar-refractivity contribution in [2.45, 2.75) is 19.4 Å². The number of carboxylic acids is 1. The summed E-state index contributed by atoms with van der Waals surface area (Å²) in [6, 6.07) is 17.7. The van der Waals surface area contributed by atoms with E-state index in [0.29, 0.717) is 32.5 Å². The van der Waals surface area contributed by atoms with E-state index in [1.807, 2.05) is 54.6 Å². The lowest BCUT2D eigenvalue weighted by Gasteiger charge is -2.31. The van der Waals surface area contributed by atoms with Gasteiger partial charge in [0.1, 0.15) is 18.1 Å². The molecule has 0 spiro atoms. The number of para-hydroxylation sites is 1. The molecule has 1 aliphatic heterocycles. The molecule has 0 saturated carbocycles. The third-order valence-corrected chi connectivity index (χ3v) is 5.01. The molecule has 0 atom stereocenters. The van der Waals surface area contributed by atoms with Crippen LogP contribution >= 0.6 is 0 Å². The summed E-state index contributed by atoms with van der Waals surface area (Å²) in [4.78, 5) is 13.3. The van der Waals surface area contributed by atoms with Gasteiger partial charge in [-0.2, -0.15) is 0 Å². The summed E-state index contributed by atoms with van der Waals surface area (Å²) >= 11 is 0. The van der Waals surface area contributed by atoms with Gasteiger partial charge in [0.2, 0.25) is 0 Å². The summed E-state index contributed by atoms with van der Waals surface area (Å²) in [6.45, 7) is 1.70. The Balaban J connectivity index is 1.58. The lowest BCUT2D eigenvalue weighted by Crippen LogP contribution is -2.37.